The second-order valence-corrected chi connectivity index (χ2v) is 6.17. The number of halogens is 1. The van der Waals surface area contributed by atoms with Crippen LogP contribution in [0.4, 0.5) is 10.1 Å². The van der Waals surface area contributed by atoms with Gasteiger partial charge in [0.25, 0.3) is 11.1 Å². The van der Waals surface area contributed by atoms with Gasteiger partial charge in [0.15, 0.2) is 6.61 Å². The van der Waals surface area contributed by atoms with Gasteiger partial charge >= 0.3 is 0 Å². The van der Waals surface area contributed by atoms with E-state index in [1.54, 1.807) is 43.5 Å². The number of thioether (sulfide) groups is 1. The Balaban J connectivity index is 1.46. The lowest BCUT2D eigenvalue weighted by Crippen LogP contribution is -2.14. The van der Waals surface area contributed by atoms with E-state index in [1.165, 1.54) is 12.1 Å². The molecule has 0 aliphatic carbocycles. The predicted octanol–water partition coefficient (Wildman–Crippen LogP) is 3.53. The van der Waals surface area contributed by atoms with Gasteiger partial charge in [0.1, 0.15) is 17.3 Å². The van der Waals surface area contributed by atoms with Crippen LogP contribution in [0.2, 0.25) is 0 Å². The summed E-state index contributed by atoms with van der Waals surface area (Å²) in [5.41, 5.74) is 0.127. The molecule has 0 aliphatic heterocycles. The Kier molecular flexibility index (Phi) is 6.26. The number of nitrogens with one attached hydrogen (secondary N) is 1. The Labute approximate surface area is 158 Å². The Morgan fingerprint density at radius 3 is 2.63 bits per heavy atom. The lowest BCUT2D eigenvalue weighted by Gasteiger charge is -2.05. The fraction of sp³-hybridized carbons (Fsp3) is 0.167. The lowest BCUT2D eigenvalue weighted by atomic mass is 10.3. The molecule has 9 heteroatoms. The van der Waals surface area contributed by atoms with Crippen molar-refractivity contribution in [1.29, 1.82) is 0 Å². The lowest BCUT2D eigenvalue weighted by molar-refractivity contribution is -0.113. The zero-order chi connectivity index (χ0) is 19.1. The van der Waals surface area contributed by atoms with Crippen LogP contribution in [-0.2, 0) is 11.4 Å². The zero-order valence-corrected chi connectivity index (χ0v) is 15.2. The van der Waals surface area contributed by atoms with Gasteiger partial charge in [-0.3, -0.25) is 4.79 Å². The van der Waals surface area contributed by atoms with Crippen molar-refractivity contribution in [3.05, 3.63) is 60.2 Å². The highest BCUT2D eigenvalue weighted by atomic mass is 32.2. The normalized spacial score (nSPS) is 10.4. The molecule has 0 radical (unpaired) electrons. The van der Waals surface area contributed by atoms with Crippen LogP contribution in [-0.4, -0.2) is 29.0 Å². The standard InChI is InChI=1S/C18H16FN3O4S/c1-24-12-6-8-13(9-7-12)25-10-17-21-22-18(26-17)27-11-16(23)20-15-5-3-2-4-14(15)19/h2-9H,10-11H2,1H3,(H,20,23). The first-order chi connectivity index (χ1) is 13.1. The molecular formula is C18H16FN3O4S. The summed E-state index contributed by atoms with van der Waals surface area (Å²) in [4.78, 5) is 11.9. The SMILES string of the molecule is COc1ccc(OCc2nnc(SCC(=O)Nc3ccccc3F)o2)cc1. The Morgan fingerprint density at radius 1 is 1.15 bits per heavy atom. The van der Waals surface area contributed by atoms with Gasteiger partial charge in [-0.1, -0.05) is 23.9 Å². The summed E-state index contributed by atoms with van der Waals surface area (Å²) >= 11 is 1.05. The minimum absolute atomic E-state index is 0.00923. The Morgan fingerprint density at radius 2 is 1.89 bits per heavy atom. The fourth-order valence-corrected chi connectivity index (χ4v) is 2.63. The number of amides is 1. The van der Waals surface area contributed by atoms with Crippen LogP contribution >= 0.6 is 11.8 Å². The van der Waals surface area contributed by atoms with E-state index >= 15 is 0 Å². The molecule has 0 aliphatic rings. The van der Waals surface area contributed by atoms with Gasteiger partial charge < -0.3 is 19.2 Å². The number of hydrogen-bond donors (Lipinski definition) is 1. The maximum Gasteiger partial charge on any atom is 0.277 e. The highest BCUT2D eigenvalue weighted by molar-refractivity contribution is 7.99. The number of rotatable bonds is 8. The number of carbonyl (C=O) groups is 1. The van der Waals surface area contributed by atoms with Crippen LogP contribution in [0.15, 0.2) is 58.2 Å². The predicted molar refractivity (Wildman–Crippen MR) is 97.4 cm³/mol. The number of anilines is 1. The second-order valence-electron chi connectivity index (χ2n) is 5.24. The molecule has 2 aromatic carbocycles. The Bertz CT molecular complexity index is 902. The van der Waals surface area contributed by atoms with Crippen LogP contribution in [0.3, 0.4) is 0 Å². The molecular weight excluding hydrogens is 373 g/mol. The number of hydrogen-bond acceptors (Lipinski definition) is 7. The van der Waals surface area contributed by atoms with Crippen molar-refractivity contribution in [3.63, 3.8) is 0 Å². The third-order valence-corrected chi connectivity index (χ3v) is 4.16. The number of methoxy groups -OCH3 is 1. The van der Waals surface area contributed by atoms with E-state index in [2.05, 4.69) is 15.5 Å². The first-order valence-electron chi connectivity index (χ1n) is 7.90. The van der Waals surface area contributed by atoms with Crippen LogP contribution in [0.25, 0.3) is 0 Å². The second kappa shape index (κ2) is 9.04. The molecule has 3 rings (SSSR count). The maximum atomic E-state index is 13.5. The van der Waals surface area contributed by atoms with Crippen molar-refractivity contribution in [2.75, 3.05) is 18.2 Å². The van der Waals surface area contributed by atoms with Crippen molar-refractivity contribution >= 4 is 23.4 Å². The number of carbonyl (C=O) groups excluding carboxylic acids is 1. The van der Waals surface area contributed by atoms with E-state index in [0.29, 0.717) is 5.75 Å². The number of aromatic nitrogens is 2. The van der Waals surface area contributed by atoms with Gasteiger partial charge in [0, 0.05) is 0 Å². The summed E-state index contributed by atoms with van der Waals surface area (Å²) in [6.45, 7) is 0.0985. The van der Waals surface area contributed by atoms with E-state index in [0.717, 1.165) is 17.5 Å². The first-order valence-corrected chi connectivity index (χ1v) is 8.89. The number of para-hydroxylation sites is 1. The van der Waals surface area contributed by atoms with Gasteiger partial charge in [-0.15, -0.1) is 10.2 Å². The summed E-state index contributed by atoms with van der Waals surface area (Å²) in [5.74, 6) is 0.781. The van der Waals surface area contributed by atoms with Crippen molar-refractivity contribution in [2.24, 2.45) is 0 Å². The molecule has 0 atom stereocenters. The summed E-state index contributed by atoms with van der Waals surface area (Å²) in [7, 11) is 1.59. The molecule has 3 aromatic rings. The molecule has 1 heterocycles. The molecule has 0 saturated carbocycles. The molecule has 1 aromatic heterocycles. The van der Waals surface area contributed by atoms with Crippen molar-refractivity contribution in [3.8, 4) is 11.5 Å². The third kappa shape index (κ3) is 5.45. The average molecular weight is 389 g/mol. The topological polar surface area (TPSA) is 86.5 Å². The molecule has 0 unspecified atom stereocenters. The number of benzene rings is 2. The van der Waals surface area contributed by atoms with E-state index in [9.17, 15) is 9.18 Å². The summed E-state index contributed by atoms with van der Waals surface area (Å²) < 4.78 is 29.5. The van der Waals surface area contributed by atoms with Crippen molar-refractivity contribution < 1.29 is 23.1 Å². The average Bonchev–Trinajstić information content (AvgIpc) is 3.15. The largest absolute Gasteiger partial charge is 0.497 e. The van der Waals surface area contributed by atoms with Crippen LogP contribution < -0.4 is 14.8 Å². The third-order valence-electron chi connectivity index (χ3n) is 3.34. The van der Waals surface area contributed by atoms with Gasteiger partial charge in [0.2, 0.25) is 5.91 Å². The molecule has 0 spiro atoms. The van der Waals surface area contributed by atoms with Crippen LogP contribution in [0.5, 0.6) is 11.5 Å². The number of ether oxygens (including phenoxy) is 2. The molecule has 1 N–H and O–H groups in total. The van der Waals surface area contributed by atoms with Gasteiger partial charge in [-0.25, -0.2) is 4.39 Å². The minimum atomic E-state index is -0.494. The molecule has 140 valence electrons. The highest BCUT2D eigenvalue weighted by Crippen LogP contribution is 2.20. The first kappa shape index (κ1) is 18.7. The fourth-order valence-electron chi connectivity index (χ4n) is 2.05. The summed E-state index contributed by atoms with van der Waals surface area (Å²) in [6, 6.07) is 13.0. The maximum absolute atomic E-state index is 13.5. The van der Waals surface area contributed by atoms with Gasteiger partial charge in [-0.05, 0) is 36.4 Å². The molecule has 7 nitrogen and oxygen atoms in total. The summed E-state index contributed by atoms with van der Waals surface area (Å²) in [5, 5.41) is 10.4. The zero-order valence-electron chi connectivity index (χ0n) is 14.3. The smallest absolute Gasteiger partial charge is 0.277 e. The Hall–Kier alpha value is -3.07. The molecule has 27 heavy (non-hydrogen) atoms. The minimum Gasteiger partial charge on any atom is -0.497 e. The van der Waals surface area contributed by atoms with Crippen LogP contribution in [0.1, 0.15) is 5.89 Å². The van der Waals surface area contributed by atoms with Gasteiger partial charge in [0.05, 0.1) is 18.6 Å². The quantitative estimate of drug-likeness (QED) is 0.590. The van der Waals surface area contributed by atoms with Crippen molar-refractivity contribution in [1.82, 2.24) is 10.2 Å². The molecule has 0 saturated heterocycles. The van der Waals surface area contributed by atoms with E-state index < -0.39 is 5.82 Å². The highest BCUT2D eigenvalue weighted by Gasteiger charge is 2.11. The van der Waals surface area contributed by atoms with Crippen LogP contribution in [0, 0.1) is 5.82 Å². The monoisotopic (exact) mass is 389 g/mol. The summed E-state index contributed by atoms with van der Waals surface area (Å²) in [6.07, 6.45) is 0. The van der Waals surface area contributed by atoms with E-state index in [1.807, 2.05) is 0 Å². The van der Waals surface area contributed by atoms with Gasteiger partial charge in [-0.2, -0.15) is 0 Å². The van der Waals surface area contributed by atoms with E-state index in [-0.39, 0.29) is 35.1 Å². The molecule has 0 fully saturated rings. The number of nitrogens with zero attached hydrogens (tertiary/aromatic N) is 2. The van der Waals surface area contributed by atoms with E-state index in [4.69, 9.17) is 13.9 Å². The van der Waals surface area contributed by atoms with Crippen molar-refractivity contribution in [2.45, 2.75) is 11.8 Å². The molecule has 1 amide bonds. The molecule has 0 bridgehead atoms.